The Labute approximate surface area is 96.8 Å². The molecule has 0 saturated heterocycles. The summed E-state index contributed by atoms with van der Waals surface area (Å²) in [6.45, 7) is 4.24. The molecule has 0 amide bonds. The Kier molecular flexibility index (Phi) is 3.42. The zero-order chi connectivity index (χ0) is 11.5. The highest BCUT2D eigenvalue weighted by Gasteiger charge is 2.21. The Balaban J connectivity index is 2.29. The van der Waals surface area contributed by atoms with Crippen LogP contribution in [-0.4, -0.2) is 16.1 Å². The van der Waals surface area contributed by atoms with Crippen molar-refractivity contribution in [2.24, 2.45) is 0 Å². The van der Waals surface area contributed by atoms with E-state index in [2.05, 4.69) is 18.9 Å². The molecule has 1 aromatic rings. The number of hydrogen-bond acceptors (Lipinski definition) is 2. The average Bonchev–Trinajstić information content (AvgIpc) is 2.74. The first-order chi connectivity index (χ1) is 7.72. The molecule has 3 heteroatoms. The predicted octanol–water partition coefficient (Wildman–Crippen LogP) is 3.32. The van der Waals surface area contributed by atoms with Crippen LogP contribution < -0.4 is 0 Å². The molecule has 1 heterocycles. The first-order valence-electron chi connectivity index (χ1n) is 6.27. The first kappa shape index (κ1) is 11.4. The summed E-state index contributed by atoms with van der Waals surface area (Å²) in [6, 6.07) is 2.31. The maximum absolute atomic E-state index is 10.8. The molecule has 1 aliphatic rings. The molecule has 0 unspecified atom stereocenters. The summed E-state index contributed by atoms with van der Waals surface area (Å²) < 4.78 is 2.03. The van der Waals surface area contributed by atoms with Gasteiger partial charge in [0.25, 0.3) is 0 Å². The number of carbonyl (C=O) groups excluding carboxylic acids is 1. The molecule has 16 heavy (non-hydrogen) atoms. The van der Waals surface area contributed by atoms with Crippen LogP contribution in [0.3, 0.4) is 0 Å². The van der Waals surface area contributed by atoms with Crippen molar-refractivity contribution >= 4 is 6.29 Å². The number of rotatable bonds is 3. The molecule has 0 aliphatic heterocycles. The Bertz CT molecular complexity index is 362. The zero-order valence-electron chi connectivity index (χ0n) is 10.1. The molecule has 1 aromatic heterocycles. The van der Waals surface area contributed by atoms with Gasteiger partial charge in [-0.2, -0.15) is 5.10 Å². The molecular weight excluding hydrogens is 200 g/mol. The Morgan fingerprint density at radius 1 is 1.38 bits per heavy atom. The summed E-state index contributed by atoms with van der Waals surface area (Å²) in [6.07, 6.45) is 7.32. The van der Waals surface area contributed by atoms with E-state index in [1.54, 1.807) is 0 Å². The highest BCUT2D eigenvalue weighted by Crippen LogP contribution is 2.33. The van der Waals surface area contributed by atoms with Gasteiger partial charge in [-0.05, 0) is 32.8 Å². The molecule has 88 valence electrons. The fourth-order valence-corrected chi connectivity index (χ4v) is 2.60. The van der Waals surface area contributed by atoms with Crippen molar-refractivity contribution in [3.05, 3.63) is 17.5 Å². The van der Waals surface area contributed by atoms with Crippen molar-refractivity contribution in [3.8, 4) is 0 Å². The fourth-order valence-electron chi connectivity index (χ4n) is 2.60. The van der Waals surface area contributed by atoms with E-state index in [1.165, 1.54) is 37.8 Å². The molecule has 1 aliphatic carbocycles. The minimum Gasteiger partial charge on any atom is -0.296 e. The lowest BCUT2D eigenvalue weighted by Crippen LogP contribution is -2.13. The highest BCUT2D eigenvalue weighted by atomic mass is 16.1. The number of carbonyl (C=O) groups is 1. The van der Waals surface area contributed by atoms with Gasteiger partial charge >= 0.3 is 0 Å². The lowest BCUT2D eigenvalue weighted by molar-refractivity contribution is 0.111. The second-order valence-electron chi connectivity index (χ2n) is 4.99. The molecule has 0 aromatic carbocycles. The molecule has 2 rings (SSSR count). The van der Waals surface area contributed by atoms with E-state index >= 15 is 0 Å². The number of hydrogen-bond donors (Lipinski definition) is 0. The van der Waals surface area contributed by atoms with Gasteiger partial charge in [-0.15, -0.1) is 0 Å². The molecule has 0 radical (unpaired) electrons. The highest BCUT2D eigenvalue weighted by molar-refractivity contribution is 5.71. The van der Waals surface area contributed by atoms with Crippen molar-refractivity contribution in [2.45, 2.75) is 57.9 Å². The van der Waals surface area contributed by atoms with Crippen molar-refractivity contribution < 1.29 is 4.79 Å². The van der Waals surface area contributed by atoms with Gasteiger partial charge in [0.1, 0.15) is 5.69 Å². The number of aromatic nitrogens is 2. The summed E-state index contributed by atoms with van der Waals surface area (Å²) in [5.41, 5.74) is 1.84. The number of nitrogens with zero attached hydrogens (tertiary/aromatic N) is 2. The van der Waals surface area contributed by atoms with E-state index in [1.807, 2.05) is 10.7 Å². The van der Waals surface area contributed by atoms with Crippen LogP contribution in [0.1, 0.15) is 74.1 Å². The smallest absolute Gasteiger partial charge is 0.170 e. The van der Waals surface area contributed by atoms with Crippen LogP contribution in [0, 0.1) is 0 Å². The molecule has 3 nitrogen and oxygen atoms in total. The second kappa shape index (κ2) is 4.81. The molecule has 1 saturated carbocycles. The zero-order valence-corrected chi connectivity index (χ0v) is 10.1. The third kappa shape index (κ3) is 2.18. The molecule has 0 spiro atoms. The molecule has 0 bridgehead atoms. The summed E-state index contributed by atoms with van der Waals surface area (Å²) >= 11 is 0. The van der Waals surface area contributed by atoms with E-state index in [0.29, 0.717) is 17.7 Å². The monoisotopic (exact) mass is 220 g/mol. The molecule has 0 N–H and O–H groups in total. The second-order valence-corrected chi connectivity index (χ2v) is 4.99. The van der Waals surface area contributed by atoms with E-state index in [4.69, 9.17) is 0 Å². The third-order valence-electron chi connectivity index (χ3n) is 3.42. The van der Waals surface area contributed by atoms with E-state index < -0.39 is 0 Å². The van der Waals surface area contributed by atoms with E-state index in [0.717, 1.165) is 6.29 Å². The molecule has 0 atom stereocenters. The van der Waals surface area contributed by atoms with Crippen LogP contribution in [0.15, 0.2) is 6.07 Å². The van der Waals surface area contributed by atoms with Crippen LogP contribution in [0.25, 0.3) is 0 Å². The van der Waals surface area contributed by atoms with E-state index in [-0.39, 0.29) is 0 Å². The summed E-state index contributed by atoms with van der Waals surface area (Å²) in [4.78, 5) is 10.8. The topological polar surface area (TPSA) is 34.9 Å². The molecular formula is C13H20N2O. The third-order valence-corrected chi connectivity index (χ3v) is 3.42. The standard InChI is InChI=1S/C13H20N2O/c1-10(2)15-13(8-12(9-16)14-15)11-6-4-3-5-7-11/h8-11H,3-7H2,1-2H3. The maximum atomic E-state index is 10.8. The summed E-state index contributed by atoms with van der Waals surface area (Å²) in [5, 5.41) is 4.35. The van der Waals surface area contributed by atoms with Gasteiger partial charge in [-0.1, -0.05) is 19.3 Å². The predicted molar refractivity (Wildman–Crippen MR) is 63.8 cm³/mol. The van der Waals surface area contributed by atoms with Gasteiger partial charge in [0, 0.05) is 17.7 Å². The first-order valence-corrected chi connectivity index (χ1v) is 6.27. The SMILES string of the molecule is CC(C)n1nc(C=O)cc1C1CCCCC1. The maximum Gasteiger partial charge on any atom is 0.170 e. The average molecular weight is 220 g/mol. The van der Waals surface area contributed by atoms with Crippen LogP contribution in [0.5, 0.6) is 0 Å². The quantitative estimate of drug-likeness (QED) is 0.732. The minimum absolute atomic E-state index is 0.339. The van der Waals surface area contributed by atoms with Crippen molar-refractivity contribution in [1.29, 1.82) is 0 Å². The largest absolute Gasteiger partial charge is 0.296 e. The Morgan fingerprint density at radius 2 is 2.06 bits per heavy atom. The van der Waals surface area contributed by atoms with Gasteiger partial charge in [-0.25, -0.2) is 0 Å². The fraction of sp³-hybridized carbons (Fsp3) is 0.692. The van der Waals surface area contributed by atoms with Crippen LogP contribution >= 0.6 is 0 Å². The lowest BCUT2D eigenvalue weighted by atomic mass is 9.86. The van der Waals surface area contributed by atoms with E-state index in [9.17, 15) is 4.79 Å². The summed E-state index contributed by atoms with van der Waals surface area (Å²) in [7, 11) is 0. The van der Waals surface area contributed by atoms with Crippen molar-refractivity contribution in [3.63, 3.8) is 0 Å². The van der Waals surface area contributed by atoms with Gasteiger partial charge < -0.3 is 0 Å². The van der Waals surface area contributed by atoms with Gasteiger partial charge in [0.15, 0.2) is 6.29 Å². The minimum atomic E-state index is 0.339. The van der Waals surface area contributed by atoms with Crippen molar-refractivity contribution in [1.82, 2.24) is 9.78 Å². The lowest BCUT2D eigenvalue weighted by Gasteiger charge is -2.23. The van der Waals surface area contributed by atoms with Gasteiger partial charge in [0.05, 0.1) is 0 Å². The Morgan fingerprint density at radius 3 is 2.62 bits per heavy atom. The molecule has 1 fully saturated rings. The van der Waals surface area contributed by atoms with Crippen LogP contribution in [0.2, 0.25) is 0 Å². The van der Waals surface area contributed by atoms with Gasteiger partial charge in [-0.3, -0.25) is 9.48 Å². The number of aldehydes is 1. The van der Waals surface area contributed by atoms with Crippen LogP contribution in [0.4, 0.5) is 0 Å². The normalized spacial score (nSPS) is 17.9. The Hall–Kier alpha value is -1.12. The van der Waals surface area contributed by atoms with Crippen LogP contribution in [-0.2, 0) is 0 Å². The summed E-state index contributed by atoms with van der Waals surface area (Å²) in [5.74, 6) is 0.609. The van der Waals surface area contributed by atoms with Gasteiger partial charge in [0.2, 0.25) is 0 Å². The van der Waals surface area contributed by atoms with Crippen molar-refractivity contribution in [2.75, 3.05) is 0 Å².